The van der Waals surface area contributed by atoms with Crippen molar-refractivity contribution in [2.75, 3.05) is 0 Å². The Kier molecular flexibility index (Phi) is 3.41. The minimum atomic E-state index is -3.74. The number of halogens is 1. The van der Waals surface area contributed by atoms with Crippen LogP contribution in [0, 0.1) is 22.2 Å². The molecule has 2 rings (SSSR count). The average molecular weight is 313 g/mol. The summed E-state index contributed by atoms with van der Waals surface area (Å²) < 4.78 is 27.6. The molecule has 1 fully saturated rings. The molecule has 0 atom stereocenters. The van der Waals surface area contributed by atoms with Crippen LogP contribution in [-0.2, 0) is 10.0 Å². The molecule has 1 aliphatic carbocycles. The van der Waals surface area contributed by atoms with Crippen LogP contribution in [0.25, 0.3) is 0 Å². The Morgan fingerprint density at radius 2 is 1.80 bits per heavy atom. The van der Waals surface area contributed by atoms with Gasteiger partial charge in [-0.05, 0) is 29.0 Å². The Hall–Kier alpha value is -1.09. The van der Waals surface area contributed by atoms with E-state index < -0.39 is 10.0 Å². The monoisotopic (exact) mass is 312 g/mol. The average Bonchev–Trinajstić information content (AvgIpc) is 2.72. The van der Waals surface area contributed by atoms with Crippen LogP contribution in [0.15, 0.2) is 23.1 Å². The lowest BCUT2D eigenvalue weighted by Crippen LogP contribution is -2.30. The fourth-order valence-electron chi connectivity index (χ4n) is 2.49. The van der Waals surface area contributed by atoms with Crippen LogP contribution in [0.2, 0.25) is 5.02 Å². The van der Waals surface area contributed by atoms with Crippen molar-refractivity contribution in [3.05, 3.63) is 28.8 Å². The number of rotatable bonds is 3. The van der Waals surface area contributed by atoms with Crippen LogP contribution in [0.3, 0.4) is 0 Å². The van der Waals surface area contributed by atoms with E-state index >= 15 is 0 Å². The molecule has 1 saturated carbocycles. The van der Waals surface area contributed by atoms with Crippen molar-refractivity contribution >= 4 is 21.6 Å². The van der Waals surface area contributed by atoms with Gasteiger partial charge in [-0.15, -0.1) is 0 Å². The molecule has 108 valence electrons. The van der Waals surface area contributed by atoms with Gasteiger partial charge < -0.3 is 0 Å². The van der Waals surface area contributed by atoms with E-state index in [0.29, 0.717) is 0 Å². The topological polar surface area (TPSA) is 70.0 Å². The summed E-state index contributed by atoms with van der Waals surface area (Å²) >= 11 is 5.96. The third kappa shape index (κ3) is 2.22. The van der Waals surface area contributed by atoms with Gasteiger partial charge in [0.2, 0.25) is 10.0 Å². The molecule has 0 aromatic heterocycles. The minimum absolute atomic E-state index is 0.0447. The zero-order valence-electron chi connectivity index (χ0n) is 11.9. The Balaban J connectivity index is 2.36. The van der Waals surface area contributed by atoms with Crippen LogP contribution in [-0.4, -0.2) is 14.5 Å². The molecule has 1 aromatic carbocycles. The van der Waals surface area contributed by atoms with Gasteiger partial charge in [-0.25, -0.2) is 13.1 Å². The molecule has 1 aliphatic rings. The predicted molar refractivity (Wildman–Crippen MR) is 77.8 cm³/mol. The molecule has 20 heavy (non-hydrogen) atoms. The second-order valence-corrected chi connectivity index (χ2v) is 8.34. The maximum Gasteiger partial charge on any atom is 0.242 e. The van der Waals surface area contributed by atoms with E-state index in [9.17, 15) is 8.42 Å². The Labute approximate surface area is 124 Å². The van der Waals surface area contributed by atoms with E-state index in [1.165, 1.54) is 18.2 Å². The van der Waals surface area contributed by atoms with Gasteiger partial charge in [0.1, 0.15) is 4.90 Å². The maximum absolute atomic E-state index is 12.4. The highest BCUT2D eigenvalue weighted by molar-refractivity contribution is 7.89. The largest absolute Gasteiger partial charge is 0.242 e. The zero-order valence-corrected chi connectivity index (χ0v) is 13.4. The van der Waals surface area contributed by atoms with Gasteiger partial charge in [0.25, 0.3) is 0 Å². The van der Waals surface area contributed by atoms with Gasteiger partial charge >= 0.3 is 0 Å². The fraction of sp³-hybridized carbons (Fsp3) is 0.500. The highest BCUT2D eigenvalue weighted by Gasteiger charge is 2.66. The van der Waals surface area contributed by atoms with Crippen LogP contribution < -0.4 is 4.72 Å². The molecular formula is C14H17ClN2O2S. The number of hydrogen-bond donors (Lipinski definition) is 1. The van der Waals surface area contributed by atoms with Gasteiger partial charge in [-0.3, -0.25) is 0 Å². The smallest absolute Gasteiger partial charge is 0.207 e. The molecule has 0 unspecified atom stereocenters. The normalized spacial score (nSPS) is 20.4. The molecule has 1 N–H and O–H groups in total. The summed E-state index contributed by atoms with van der Waals surface area (Å²) in [6, 6.07) is 5.99. The Morgan fingerprint density at radius 3 is 2.25 bits per heavy atom. The summed E-state index contributed by atoms with van der Waals surface area (Å²) in [5.74, 6) is 0. The first-order chi connectivity index (χ1) is 9.04. The van der Waals surface area contributed by atoms with Gasteiger partial charge in [-0.2, -0.15) is 5.26 Å². The molecule has 0 radical (unpaired) electrons. The quantitative estimate of drug-likeness (QED) is 0.933. The summed E-state index contributed by atoms with van der Waals surface area (Å²) in [6.07, 6.45) is 0. The molecule has 1 aromatic rings. The first-order valence-electron chi connectivity index (χ1n) is 6.26. The number of benzene rings is 1. The van der Waals surface area contributed by atoms with Crippen LogP contribution in [0.1, 0.15) is 33.3 Å². The second kappa shape index (κ2) is 4.45. The number of nitrogens with zero attached hydrogens (tertiary/aromatic N) is 1. The highest BCUT2D eigenvalue weighted by Crippen LogP contribution is 2.63. The van der Waals surface area contributed by atoms with Gasteiger partial charge in [-0.1, -0.05) is 39.3 Å². The SMILES string of the molecule is CC1(C)C(NS(=O)(=O)c2cc(C#N)ccc2Cl)C1(C)C. The van der Waals surface area contributed by atoms with E-state index in [1.54, 1.807) is 0 Å². The van der Waals surface area contributed by atoms with E-state index in [0.717, 1.165) is 0 Å². The van der Waals surface area contributed by atoms with E-state index in [-0.39, 0.29) is 32.4 Å². The molecule has 0 heterocycles. The van der Waals surface area contributed by atoms with Crippen molar-refractivity contribution in [3.63, 3.8) is 0 Å². The Bertz CT molecular complexity index is 688. The first-order valence-corrected chi connectivity index (χ1v) is 8.12. The van der Waals surface area contributed by atoms with Gasteiger partial charge in [0, 0.05) is 6.04 Å². The van der Waals surface area contributed by atoms with Crippen LogP contribution in [0.5, 0.6) is 0 Å². The van der Waals surface area contributed by atoms with Gasteiger partial charge in [0.05, 0.1) is 16.7 Å². The number of nitriles is 1. The number of nitrogens with one attached hydrogen (secondary N) is 1. The molecule has 0 amide bonds. The maximum atomic E-state index is 12.4. The summed E-state index contributed by atoms with van der Waals surface area (Å²) in [4.78, 5) is -0.0447. The summed E-state index contributed by atoms with van der Waals surface area (Å²) in [7, 11) is -3.74. The first kappa shape index (κ1) is 15.3. The standard InChI is InChI=1S/C14H17ClN2O2S/c1-13(2)12(14(13,3)4)17-20(18,19)11-7-9(8-16)5-6-10(11)15/h5-7,12,17H,1-4H3. The van der Waals surface area contributed by atoms with Crippen LogP contribution >= 0.6 is 11.6 Å². The van der Waals surface area contributed by atoms with E-state index in [1.807, 2.05) is 33.8 Å². The second-order valence-electron chi connectivity index (χ2n) is 6.25. The van der Waals surface area contributed by atoms with Crippen molar-refractivity contribution < 1.29 is 8.42 Å². The van der Waals surface area contributed by atoms with Crippen molar-refractivity contribution in [2.24, 2.45) is 10.8 Å². The molecule has 0 saturated heterocycles. The summed E-state index contributed by atoms with van der Waals surface area (Å²) in [5, 5.41) is 8.99. The highest BCUT2D eigenvalue weighted by atomic mass is 35.5. The van der Waals surface area contributed by atoms with E-state index in [4.69, 9.17) is 16.9 Å². The van der Waals surface area contributed by atoms with Crippen molar-refractivity contribution in [2.45, 2.75) is 38.6 Å². The lowest BCUT2D eigenvalue weighted by atomic mass is 10.0. The summed E-state index contributed by atoms with van der Waals surface area (Å²) in [6.45, 7) is 8.09. The zero-order chi connectivity index (χ0) is 15.3. The fourth-order valence-corrected chi connectivity index (χ4v) is 4.54. The van der Waals surface area contributed by atoms with Crippen molar-refractivity contribution in [1.82, 2.24) is 4.72 Å². The number of hydrogen-bond acceptors (Lipinski definition) is 3. The van der Waals surface area contributed by atoms with Crippen LogP contribution in [0.4, 0.5) is 0 Å². The van der Waals surface area contributed by atoms with Crippen molar-refractivity contribution in [3.8, 4) is 6.07 Å². The number of sulfonamides is 1. The predicted octanol–water partition coefficient (Wildman–Crippen LogP) is 2.92. The molecule has 0 bridgehead atoms. The van der Waals surface area contributed by atoms with Crippen molar-refractivity contribution in [1.29, 1.82) is 5.26 Å². The molecule has 4 nitrogen and oxygen atoms in total. The third-order valence-corrected chi connectivity index (χ3v) is 6.55. The molecule has 6 heteroatoms. The Morgan fingerprint density at radius 1 is 1.25 bits per heavy atom. The van der Waals surface area contributed by atoms with E-state index in [2.05, 4.69) is 4.72 Å². The molecule has 0 aliphatic heterocycles. The third-order valence-electron chi connectivity index (χ3n) is 4.64. The molecule has 0 spiro atoms. The minimum Gasteiger partial charge on any atom is -0.207 e. The van der Waals surface area contributed by atoms with Gasteiger partial charge in [0.15, 0.2) is 0 Å². The lowest BCUT2D eigenvalue weighted by Gasteiger charge is -2.10. The summed E-state index contributed by atoms with van der Waals surface area (Å²) in [5.41, 5.74) is 0.0442. The lowest BCUT2D eigenvalue weighted by molar-refractivity contribution is 0.457. The molecular weight excluding hydrogens is 296 g/mol.